The quantitative estimate of drug-likeness (QED) is 0.768. The van der Waals surface area contributed by atoms with Crippen LogP contribution in [0.5, 0.6) is 0 Å². The maximum atomic E-state index is 12.7. The Balaban J connectivity index is 2.37. The summed E-state index contributed by atoms with van der Waals surface area (Å²) in [5.74, 6) is 0. The van der Waals surface area contributed by atoms with Crippen molar-refractivity contribution in [3.63, 3.8) is 0 Å². The summed E-state index contributed by atoms with van der Waals surface area (Å²) in [6.07, 6.45) is -2.35. The number of halogens is 3. The minimum Gasteiger partial charge on any atom is -0.398 e. The van der Waals surface area contributed by atoms with Gasteiger partial charge in [0.05, 0.1) is 5.56 Å². The molecule has 1 aromatic carbocycles. The Labute approximate surface area is 98.2 Å². The number of alkyl halides is 3. The van der Waals surface area contributed by atoms with Crippen LogP contribution in [0, 0.1) is 0 Å². The number of nitrogens with zero attached hydrogens (tertiary/aromatic N) is 1. The SMILES string of the molecule is CC1CCCN1c1ccc(N)c(C(F)(F)F)c1. The van der Waals surface area contributed by atoms with Crippen molar-refractivity contribution in [2.75, 3.05) is 17.2 Å². The van der Waals surface area contributed by atoms with E-state index in [9.17, 15) is 13.2 Å². The molecule has 5 heteroatoms. The first-order valence-electron chi connectivity index (χ1n) is 5.63. The molecule has 2 nitrogen and oxygen atoms in total. The normalized spacial score (nSPS) is 20.9. The van der Waals surface area contributed by atoms with Gasteiger partial charge in [0.15, 0.2) is 0 Å². The molecular weight excluding hydrogens is 229 g/mol. The molecule has 1 unspecified atom stereocenters. The van der Waals surface area contributed by atoms with Crippen LogP contribution in [-0.4, -0.2) is 12.6 Å². The number of anilines is 2. The zero-order valence-corrected chi connectivity index (χ0v) is 9.59. The smallest absolute Gasteiger partial charge is 0.398 e. The van der Waals surface area contributed by atoms with Crippen molar-refractivity contribution in [3.8, 4) is 0 Å². The van der Waals surface area contributed by atoms with Crippen LogP contribution >= 0.6 is 0 Å². The first-order valence-corrected chi connectivity index (χ1v) is 5.63. The van der Waals surface area contributed by atoms with Gasteiger partial charge in [-0.1, -0.05) is 0 Å². The molecule has 0 aromatic heterocycles. The molecule has 1 heterocycles. The average molecular weight is 244 g/mol. The molecule has 2 rings (SSSR count). The van der Waals surface area contributed by atoms with E-state index in [0.29, 0.717) is 11.7 Å². The monoisotopic (exact) mass is 244 g/mol. The second kappa shape index (κ2) is 4.13. The largest absolute Gasteiger partial charge is 0.418 e. The predicted molar refractivity (Wildman–Crippen MR) is 61.9 cm³/mol. The van der Waals surface area contributed by atoms with Crippen LogP contribution in [-0.2, 0) is 6.18 Å². The Kier molecular flexibility index (Phi) is 2.93. The maximum Gasteiger partial charge on any atom is 0.418 e. The van der Waals surface area contributed by atoms with E-state index in [0.717, 1.165) is 25.5 Å². The highest BCUT2D eigenvalue weighted by Gasteiger charge is 2.34. The van der Waals surface area contributed by atoms with Crippen molar-refractivity contribution in [3.05, 3.63) is 23.8 Å². The zero-order chi connectivity index (χ0) is 12.6. The van der Waals surface area contributed by atoms with Crippen LogP contribution in [0.2, 0.25) is 0 Å². The molecule has 1 saturated heterocycles. The third kappa shape index (κ3) is 2.33. The molecule has 0 saturated carbocycles. The van der Waals surface area contributed by atoms with Gasteiger partial charge < -0.3 is 10.6 Å². The molecule has 0 bridgehead atoms. The van der Waals surface area contributed by atoms with E-state index in [1.54, 1.807) is 6.07 Å². The molecule has 94 valence electrons. The Morgan fingerprint density at radius 1 is 1.35 bits per heavy atom. The van der Waals surface area contributed by atoms with Crippen LogP contribution < -0.4 is 10.6 Å². The Hall–Kier alpha value is -1.39. The van der Waals surface area contributed by atoms with E-state index in [4.69, 9.17) is 5.73 Å². The zero-order valence-electron chi connectivity index (χ0n) is 9.59. The molecule has 1 aromatic rings. The maximum absolute atomic E-state index is 12.7. The van der Waals surface area contributed by atoms with Gasteiger partial charge in [0.1, 0.15) is 0 Å². The summed E-state index contributed by atoms with van der Waals surface area (Å²) in [6.45, 7) is 2.83. The van der Waals surface area contributed by atoms with Crippen molar-refractivity contribution in [2.24, 2.45) is 0 Å². The summed E-state index contributed by atoms with van der Waals surface area (Å²) in [5, 5.41) is 0. The molecule has 0 radical (unpaired) electrons. The van der Waals surface area contributed by atoms with Gasteiger partial charge in [-0.25, -0.2) is 0 Å². The van der Waals surface area contributed by atoms with Crippen molar-refractivity contribution < 1.29 is 13.2 Å². The number of nitrogens with two attached hydrogens (primary N) is 1. The number of hydrogen-bond acceptors (Lipinski definition) is 2. The van der Waals surface area contributed by atoms with Crippen molar-refractivity contribution in [2.45, 2.75) is 32.0 Å². The number of hydrogen-bond donors (Lipinski definition) is 1. The first kappa shape index (κ1) is 12.1. The Morgan fingerprint density at radius 2 is 2.06 bits per heavy atom. The molecular formula is C12H15F3N2. The molecule has 1 atom stereocenters. The third-order valence-electron chi connectivity index (χ3n) is 3.23. The van der Waals surface area contributed by atoms with Gasteiger partial charge in [-0.3, -0.25) is 0 Å². The third-order valence-corrected chi connectivity index (χ3v) is 3.23. The minimum atomic E-state index is -4.39. The van der Waals surface area contributed by atoms with Gasteiger partial charge in [0.2, 0.25) is 0 Å². The fourth-order valence-electron chi connectivity index (χ4n) is 2.29. The van der Waals surface area contributed by atoms with Crippen molar-refractivity contribution in [1.82, 2.24) is 0 Å². The minimum absolute atomic E-state index is 0.215. The summed E-state index contributed by atoms with van der Waals surface area (Å²) in [4.78, 5) is 1.99. The van der Waals surface area contributed by atoms with E-state index >= 15 is 0 Å². The highest BCUT2D eigenvalue weighted by molar-refractivity contribution is 5.60. The fraction of sp³-hybridized carbons (Fsp3) is 0.500. The summed E-state index contributed by atoms with van der Waals surface area (Å²) in [7, 11) is 0. The van der Waals surface area contributed by atoms with Gasteiger partial charge in [-0.2, -0.15) is 13.2 Å². The second-order valence-electron chi connectivity index (χ2n) is 4.45. The van der Waals surface area contributed by atoms with Crippen LogP contribution in [0.1, 0.15) is 25.3 Å². The lowest BCUT2D eigenvalue weighted by atomic mass is 10.1. The molecule has 1 aliphatic rings. The predicted octanol–water partition coefficient (Wildman–Crippen LogP) is 3.28. The number of rotatable bonds is 1. The highest BCUT2D eigenvalue weighted by Crippen LogP contribution is 2.37. The molecule has 17 heavy (non-hydrogen) atoms. The lowest BCUT2D eigenvalue weighted by Gasteiger charge is -2.25. The molecule has 0 spiro atoms. The number of nitrogen functional groups attached to an aromatic ring is 1. The van der Waals surface area contributed by atoms with Gasteiger partial charge in [-0.15, -0.1) is 0 Å². The molecule has 1 aliphatic heterocycles. The summed E-state index contributed by atoms with van der Waals surface area (Å²) >= 11 is 0. The Bertz CT molecular complexity index is 415. The van der Waals surface area contributed by atoms with Gasteiger partial charge >= 0.3 is 6.18 Å². The average Bonchev–Trinajstić information content (AvgIpc) is 2.63. The lowest BCUT2D eigenvalue weighted by Crippen LogP contribution is -2.26. The fourth-order valence-corrected chi connectivity index (χ4v) is 2.29. The topological polar surface area (TPSA) is 29.3 Å². The van der Waals surface area contributed by atoms with E-state index in [1.807, 2.05) is 11.8 Å². The van der Waals surface area contributed by atoms with Gasteiger partial charge in [-0.05, 0) is 38.0 Å². The van der Waals surface area contributed by atoms with Crippen molar-refractivity contribution >= 4 is 11.4 Å². The summed E-state index contributed by atoms with van der Waals surface area (Å²) in [6, 6.07) is 4.44. The molecule has 0 aliphatic carbocycles. The molecule has 1 fully saturated rings. The Morgan fingerprint density at radius 3 is 2.59 bits per heavy atom. The second-order valence-corrected chi connectivity index (χ2v) is 4.45. The number of benzene rings is 1. The van der Waals surface area contributed by atoms with Crippen molar-refractivity contribution in [1.29, 1.82) is 0 Å². The van der Waals surface area contributed by atoms with E-state index in [1.165, 1.54) is 6.07 Å². The lowest BCUT2D eigenvalue weighted by molar-refractivity contribution is -0.136. The van der Waals surface area contributed by atoms with E-state index in [-0.39, 0.29) is 5.69 Å². The van der Waals surface area contributed by atoms with Crippen LogP contribution in [0.4, 0.5) is 24.5 Å². The summed E-state index contributed by atoms with van der Waals surface area (Å²) in [5.41, 5.74) is 5.02. The van der Waals surface area contributed by atoms with E-state index < -0.39 is 11.7 Å². The first-order chi connectivity index (χ1) is 7.89. The highest BCUT2D eigenvalue weighted by atomic mass is 19.4. The molecule has 0 amide bonds. The standard InChI is InChI=1S/C12H15F3N2/c1-8-3-2-6-17(8)9-4-5-11(16)10(7-9)12(13,14)15/h4-5,7-8H,2-3,6,16H2,1H3. The van der Waals surface area contributed by atoms with Crippen LogP contribution in [0.25, 0.3) is 0 Å². The van der Waals surface area contributed by atoms with Crippen LogP contribution in [0.3, 0.4) is 0 Å². The van der Waals surface area contributed by atoms with Gasteiger partial charge in [0, 0.05) is 24.0 Å². The van der Waals surface area contributed by atoms with Crippen LogP contribution in [0.15, 0.2) is 18.2 Å². The van der Waals surface area contributed by atoms with Gasteiger partial charge in [0.25, 0.3) is 0 Å². The molecule has 2 N–H and O–H groups in total. The van der Waals surface area contributed by atoms with E-state index in [2.05, 4.69) is 0 Å². The summed E-state index contributed by atoms with van der Waals surface area (Å²) < 4.78 is 38.1.